The van der Waals surface area contributed by atoms with E-state index >= 15 is 0 Å². The van der Waals surface area contributed by atoms with Crippen molar-refractivity contribution < 1.29 is 14.7 Å². The number of hydrogen-bond donors (Lipinski definition) is 2. The maximum atomic E-state index is 11.7. The molecule has 0 radical (unpaired) electrons. The number of carbonyl (C=O) groups is 2. The van der Waals surface area contributed by atoms with Crippen molar-refractivity contribution in [3.63, 3.8) is 0 Å². The summed E-state index contributed by atoms with van der Waals surface area (Å²) in [5.74, 6) is -0.443. The number of likely N-dealkylation sites (tertiary alicyclic amines) is 2. The van der Waals surface area contributed by atoms with Gasteiger partial charge in [0.15, 0.2) is 6.10 Å². The summed E-state index contributed by atoms with van der Waals surface area (Å²) in [7, 11) is 0. The number of nitrogens with zero attached hydrogens (tertiary/aromatic N) is 2. The molecule has 6 nitrogen and oxygen atoms in total. The minimum atomic E-state index is -1.29. The van der Waals surface area contributed by atoms with E-state index in [9.17, 15) is 14.7 Å². The average Bonchev–Trinajstić information content (AvgIpc) is 2.59. The Hall–Kier alpha value is -1.14. The number of amides is 2. The summed E-state index contributed by atoms with van der Waals surface area (Å²) in [4.78, 5) is 26.0. The second kappa shape index (κ2) is 4.39. The molecule has 2 aliphatic heterocycles. The van der Waals surface area contributed by atoms with Gasteiger partial charge in [-0.2, -0.15) is 0 Å². The molecular formula is C10H17N3O3. The Morgan fingerprint density at radius 2 is 2.00 bits per heavy atom. The summed E-state index contributed by atoms with van der Waals surface area (Å²) >= 11 is 0. The highest BCUT2D eigenvalue weighted by molar-refractivity contribution is 5.84. The van der Waals surface area contributed by atoms with Crippen LogP contribution in [-0.4, -0.2) is 58.6 Å². The highest BCUT2D eigenvalue weighted by atomic mass is 16.3. The Bertz CT molecular complexity index is 304. The number of aliphatic hydroxyl groups excluding tert-OH is 1. The predicted molar refractivity (Wildman–Crippen MR) is 56.1 cm³/mol. The van der Waals surface area contributed by atoms with Gasteiger partial charge in [-0.25, -0.2) is 0 Å². The second-order valence-corrected chi connectivity index (χ2v) is 4.30. The zero-order valence-electron chi connectivity index (χ0n) is 9.13. The molecule has 0 spiro atoms. The Morgan fingerprint density at radius 1 is 1.31 bits per heavy atom. The fourth-order valence-corrected chi connectivity index (χ4v) is 2.02. The molecule has 0 aromatic heterocycles. The second-order valence-electron chi connectivity index (χ2n) is 4.30. The van der Waals surface area contributed by atoms with Gasteiger partial charge in [0.25, 0.3) is 5.91 Å². The van der Waals surface area contributed by atoms with Gasteiger partial charge in [0, 0.05) is 26.1 Å². The molecule has 0 saturated carbocycles. The largest absolute Gasteiger partial charge is 0.380 e. The fourth-order valence-electron chi connectivity index (χ4n) is 2.02. The zero-order chi connectivity index (χ0) is 11.7. The van der Waals surface area contributed by atoms with Gasteiger partial charge in [-0.3, -0.25) is 9.59 Å². The first kappa shape index (κ1) is 11.3. The van der Waals surface area contributed by atoms with Crippen LogP contribution in [0.1, 0.15) is 19.3 Å². The standard InChI is InChI=1S/C10H17N3O3/c11-9(13-6-1-3-7(13)14)8(15)10(16)12-4-2-5-12/h8-9,15H,1-6,11H2/t8?,9-/m0/s1. The summed E-state index contributed by atoms with van der Waals surface area (Å²) in [6, 6.07) is 0. The monoisotopic (exact) mass is 227 g/mol. The van der Waals surface area contributed by atoms with E-state index in [1.807, 2.05) is 0 Å². The van der Waals surface area contributed by atoms with Crippen LogP contribution in [0, 0.1) is 0 Å². The van der Waals surface area contributed by atoms with E-state index in [0.717, 1.165) is 12.8 Å². The zero-order valence-corrected chi connectivity index (χ0v) is 9.13. The van der Waals surface area contributed by atoms with Crippen LogP contribution >= 0.6 is 0 Å². The van der Waals surface area contributed by atoms with Gasteiger partial charge < -0.3 is 20.6 Å². The Morgan fingerprint density at radius 3 is 2.44 bits per heavy atom. The number of hydrogen-bond acceptors (Lipinski definition) is 4. The molecule has 0 aliphatic carbocycles. The van der Waals surface area contributed by atoms with Crippen molar-refractivity contribution in [2.45, 2.75) is 31.5 Å². The lowest BCUT2D eigenvalue weighted by Crippen LogP contribution is -2.58. The average molecular weight is 227 g/mol. The molecule has 2 amide bonds. The lowest BCUT2D eigenvalue weighted by Gasteiger charge is -2.35. The van der Waals surface area contributed by atoms with Crippen LogP contribution in [0.4, 0.5) is 0 Å². The van der Waals surface area contributed by atoms with Crippen molar-refractivity contribution in [2.75, 3.05) is 19.6 Å². The molecule has 2 aliphatic rings. The molecule has 90 valence electrons. The quantitative estimate of drug-likeness (QED) is 0.613. The van der Waals surface area contributed by atoms with Crippen molar-refractivity contribution in [3.8, 4) is 0 Å². The third kappa shape index (κ3) is 1.90. The Balaban J connectivity index is 1.94. The SMILES string of the molecule is N[C@H](C(O)C(=O)N1CCC1)N1CCCC1=O. The van der Waals surface area contributed by atoms with Gasteiger partial charge in [-0.05, 0) is 12.8 Å². The minimum Gasteiger partial charge on any atom is -0.380 e. The summed E-state index contributed by atoms with van der Waals surface area (Å²) in [5.41, 5.74) is 5.74. The van der Waals surface area contributed by atoms with Crippen molar-refractivity contribution in [3.05, 3.63) is 0 Å². The van der Waals surface area contributed by atoms with Gasteiger partial charge in [0.2, 0.25) is 5.91 Å². The van der Waals surface area contributed by atoms with E-state index in [4.69, 9.17) is 5.73 Å². The molecule has 16 heavy (non-hydrogen) atoms. The normalized spacial score (nSPS) is 24.2. The van der Waals surface area contributed by atoms with Crippen LogP contribution in [0.5, 0.6) is 0 Å². The topological polar surface area (TPSA) is 86.9 Å². The molecule has 0 aromatic carbocycles. The van der Waals surface area contributed by atoms with Gasteiger partial charge in [0.05, 0.1) is 0 Å². The van der Waals surface area contributed by atoms with Crippen molar-refractivity contribution in [1.82, 2.24) is 9.80 Å². The summed E-state index contributed by atoms with van der Waals surface area (Å²) in [6.07, 6.45) is -0.0170. The number of nitrogens with two attached hydrogens (primary N) is 1. The Labute approximate surface area is 94.0 Å². The fraction of sp³-hybridized carbons (Fsp3) is 0.800. The molecule has 2 atom stereocenters. The maximum Gasteiger partial charge on any atom is 0.254 e. The molecule has 2 saturated heterocycles. The highest BCUT2D eigenvalue weighted by Crippen LogP contribution is 2.16. The smallest absolute Gasteiger partial charge is 0.254 e. The van der Waals surface area contributed by atoms with Crippen LogP contribution in [0.2, 0.25) is 0 Å². The first-order valence-corrected chi connectivity index (χ1v) is 5.63. The van der Waals surface area contributed by atoms with Crippen LogP contribution in [0.3, 0.4) is 0 Å². The predicted octanol–water partition coefficient (Wildman–Crippen LogP) is -1.51. The molecule has 3 N–H and O–H groups in total. The molecular weight excluding hydrogens is 210 g/mol. The van der Waals surface area contributed by atoms with E-state index in [2.05, 4.69) is 0 Å². The molecule has 2 fully saturated rings. The van der Waals surface area contributed by atoms with Crippen LogP contribution in [0.15, 0.2) is 0 Å². The highest BCUT2D eigenvalue weighted by Gasteiger charge is 2.36. The minimum absolute atomic E-state index is 0.0806. The lowest BCUT2D eigenvalue weighted by atomic mass is 10.1. The summed E-state index contributed by atoms with van der Waals surface area (Å²) in [5, 5.41) is 9.79. The van der Waals surface area contributed by atoms with Crippen LogP contribution < -0.4 is 5.73 Å². The maximum absolute atomic E-state index is 11.7. The van der Waals surface area contributed by atoms with E-state index < -0.39 is 12.3 Å². The van der Waals surface area contributed by atoms with Crippen molar-refractivity contribution in [1.29, 1.82) is 0 Å². The first-order chi connectivity index (χ1) is 7.61. The molecule has 2 rings (SSSR count). The third-order valence-corrected chi connectivity index (χ3v) is 3.21. The van der Waals surface area contributed by atoms with Gasteiger partial charge in [-0.15, -0.1) is 0 Å². The van der Waals surface area contributed by atoms with Gasteiger partial charge in [-0.1, -0.05) is 0 Å². The van der Waals surface area contributed by atoms with Crippen molar-refractivity contribution >= 4 is 11.8 Å². The summed E-state index contributed by atoms with van der Waals surface area (Å²) in [6.45, 7) is 1.89. The molecule has 6 heteroatoms. The molecule has 1 unspecified atom stereocenters. The lowest BCUT2D eigenvalue weighted by molar-refractivity contribution is -0.149. The summed E-state index contributed by atoms with van der Waals surface area (Å²) < 4.78 is 0. The van der Waals surface area contributed by atoms with E-state index in [0.29, 0.717) is 26.1 Å². The molecule has 0 bridgehead atoms. The number of aliphatic hydroxyl groups is 1. The number of rotatable bonds is 3. The van der Waals surface area contributed by atoms with E-state index in [1.54, 1.807) is 4.90 Å². The van der Waals surface area contributed by atoms with Gasteiger partial charge >= 0.3 is 0 Å². The first-order valence-electron chi connectivity index (χ1n) is 5.63. The van der Waals surface area contributed by atoms with Gasteiger partial charge in [0.1, 0.15) is 6.17 Å². The Kier molecular flexibility index (Phi) is 3.11. The van der Waals surface area contributed by atoms with Crippen LogP contribution in [-0.2, 0) is 9.59 Å². The van der Waals surface area contributed by atoms with E-state index in [1.165, 1.54) is 4.90 Å². The van der Waals surface area contributed by atoms with Crippen LogP contribution in [0.25, 0.3) is 0 Å². The molecule has 2 heterocycles. The molecule has 0 aromatic rings. The number of carbonyl (C=O) groups excluding carboxylic acids is 2. The third-order valence-electron chi connectivity index (χ3n) is 3.21. The van der Waals surface area contributed by atoms with Crippen molar-refractivity contribution in [2.24, 2.45) is 5.73 Å². The van der Waals surface area contributed by atoms with E-state index in [-0.39, 0.29) is 11.8 Å².